The highest BCUT2D eigenvalue weighted by atomic mass is 32.2. The molecule has 0 radical (unpaired) electrons. The minimum atomic E-state index is -3.10. The molecule has 1 saturated heterocycles. The fourth-order valence-corrected chi connectivity index (χ4v) is 3.58. The van der Waals surface area contributed by atoms with E-state index in [2.05, 4.69) is 20.4 Å². The first-order valence-electron chi connectivity index (χ1n) is 7.37. The molecular weight excluding hydrogens is 292 g/mol. The van der Waals surface area contributed by atoms with Crippen LogP contribution >= 0.6 is 0 Å². The third-order valence-electron chi connectivity index (χ3n) is 4.41. The van der Waals surface area contributed by atoms with Crippen LogP contribution in [0.3, 0.4) is 0 Å². The fraction of sp³-hybridized carbons (Fsp3) is 0.917. The monoisotopic (exact) mass is 314 g/mol. The van der Waals surface area contributed by atoms with Crippen molar-refractivity contribution in [2.24, 2.45) is 0 Å². The summed E-state index contributed by atoms with van der Waals surface area (Å²) in [5.41, 5.74) is 0. The van der Waals surface area contributed by atoms with Crippen LogP contribution in [0.1, 0.15) is 37.5 Å². The Morgan fingerprint density at radius 3 is 2.48 bits per heavy atom. The predicted octanol–water partition coefficient (Wildman–Crippen LogP) is -0.136. The number of rotatable bonds is 5. The van der Waals surface area contributed by atoms with E-state index in [1.165, 1.54) is 23.4 Å². The van der Waals surface area contributed by atoms with Crippen LogP contribution in [0, 0.1) is 0 Å². The fourth-order valence-electron chi connectivity index (χ4n) is 2.83. The SMILES string of the molecule is CN(C1CCN(Cc2nnnn2C2CC2)CC1)S(C)(=O)=O. The van der Waals surface area contributed by atoms with E-state index in [9.17, 15) is 8.42 Å². The van der Waals surface area contributed by atoms with Gasteiger partial charge in [-0.15, -0.1) is 5.10 Å². The van der Waals surface area contributed by atoms with Crippen molar-refractivity contribution in [1.82, 2.24) is 29.4 Å². The Balaban J connectivity index is 1.55. The Hall–Kier alpha value is -1.06. The highest BCUT2D eigenvalue weighted by Gasteiger charge is 2.30. The summed E-state index contributed by atoms with van der Waals surface area (Å²) < 4.78 is 26.6. The number of likely N-dealkylation sites (tertiary alicyclic amines) is 1. The van der Waals surface area contributed by atoms with Gasteiger partial charge in [-0.25, -0.2) is 17.4 Å². The predicted molar refractivity (Wildman–Crippen MR) is 77.0 cm³/mol. The van der Waals surface area contributed by atoms with Crippen LogP contribution in [0.4, 0.5) is 0 Å². The van der Waals surface area contributed by atoms with Crippen LogP contribution in [-0.4, -0.2) is 70.3 Å². The Morgan fingerprint density at radius 1 is 1.24 bits per heavy atom. The van der Waals surface area contributed by atoms with E-state index in [1.54, 1.807) is 7.05 Å². The Kier molecular flexibility index (Phi) is 3.98. The lowest BCUT2D eigenvalue weighted by Crippen LogP contribution is -2.45. The molecule has 0 atom stereocenters. The molecule has 0 N–H and O–H groups in total. The summed E-state index contributed by atoms with van der Waals surface area (Å²) in [6, 6.07) is 0.597. The van der Waals surface area contributed by atoms with Crippen molar-refractivity contribution in [3.05, 3.63) is 5.82 Å². The standard InChI is InChI=1S/C12H22N6O2S/c1-16(21(2,19)20)10-5-7-17(8-6-10)9-12-13-14-15-18(12)11-3-4-11/h10-11H,3-9H2,1-2H3. The number of nitrogens with zero attached hydrogens (tertiary/aromatic N) is 6. The number of piperidine rings is 1. The van der Waals surface area contributed by atoms with Gasteiger partial charge >= 0.3 is 0 Å². The zero-order chi connectivity index (χ0) is 15.0. The van der Waals surface area contributed by atoms with Crippen molar-refractivity contribution in [3.8, 4) is 0 Å². The van der Waals surface area contributed by atoms with E-state index in [1.807, 2.05) is 4.68 Å². The van der Waals surface area contributed by atoms with E-state index in [-0.39, 0.29) is 6.04 Å². The average Bonchev–Trinajstić information content (AvgIpc) is 3.18. The van der Waals surface area contributed by atoms with Gasteiger partial charge in [0, 0.05) is 26.2 Å². The van der Waals surface area contributed by atoms with Crippen LogP contribution in [0.5, 0.6) is 0 Å². The molecule has 0 amide bonds. The van der Waals surface area contributed by atoms with Crippen molar-refractivity contribution in [3.63, 3.8) is 0 Å². The number of tetrazole rings is 1. The number of hydrogen-bond donors (Lipinski definition) is 0. The first-order chi connectivity index (χ1) is 9.95. The van der Waals surface area contributed by atoms with Gasteiger partial charge in [-0.1, -0.05) is 0 Å². The van der Waals surface area contributed by atoms with Crippen LogP contribution in [0.15, 0.2) is 0 Å². The van der Waals surface area contributed by atoms with Crippen LogP contribution in [0.2, 0.25) is 0 Å². The first-order valence-corrected chi connectivity index (χ1v) is 9.22. The molecule has 2 heterocycles. The molecule has 3 rings (SSSR count). The molecular formula is C12H22N6O2S. The molecule has 0 bridgehead atoms. The van der Waals surface area contributed by atoms with Crippen molar-refractivity contribution in [2.75, 3.05) is 26.4 Å². The number of hydrogen-bond acceptors (Lipinski definition) is 6. The van der Waals surface area contributed by atoms with Gasteiger partial charge in [-0.2, -0.15) is 0 Å². The molecule has 1 saturated carbocycles. The van der Waals surface area contributed by atoms with Crippen LogP contribution < -0.4 is 0 Å². The highest BCUT2D eigenvalue weighted by molar-refractivity contribution is 7.88. The maximum atomic E-state index is 11.6. The summed E-state index contributed by atoms with van der Waals surface area (Å²) in [4.78, 5) is 2.30. The number of sulfonamides is 1. The highest BCUT2D eigenvalue weighted by Crippen LogP contribution is 2.34. The maximum absolute atomic E-state index is 11.6. The molecule has 8 nitrogen and oxygen atoms in total. The molecule has 1 aromatic rings. The average molecular weight is 314 g/mol. The Labute approximate surface area is 125 Å². The molecule has 9 heteroatoms. The van der Waals surface area contributed by atoms with Gasteiger partial charge in [0.2, 0.25) is 10.0 Å². The van der Waals surface area contributed by atoms with Gasteiger partial charge in [0.1, 0.15) is 0 Å². The summed E-state index contributed by atoms with van der Waals surface area (Å²) in [5.74, 6) is 0.924. The topological polar surface area (TPSA) is 84.2 Å². The third kappa shape index (κ3) is 3.41. The smallest absolute Gasteiger partial charge is 0.211 e. The molecule has 0 aromatic carbocycles. The van der Waals surface area contributed by atoms with Crippen molar-refractivity contribution < 1.29 is 8.42 Å². The van der Waals surface area contributed by atoms with Gasteiger partial charge in [0.25, 0.3) is 0 Å². The third-order valence-corrected chi connectivity index (χ3v) is 5.76. The zero-order valence-electron chi connectivity index (χ0n) is 12.5. The second-order valence-corrected chi connectivity index (χ2v) is 8.10. The molecule has 21 heavy (non-hydrogen) atoms. The number of aromatic nitrogens is 4. The molecule has 118 valence electrons. The molecule has 2 fully saturated rings. The van der Waals surface area contributed by atoms with E-state index >= 15 is 0 Å². The van der Waals surface area contributed by atoms with Crippen LogP contribution in [-0.2, 0) is 16.6 Å². The van der Waals surface area contributed by atoms with Gasteiger partial charge in [0.15, 0.2) is 5.82 Å². The van der Waals surface area contributed by atoms with Crippen molar-refractivity contribution >= 4 is 10.0 Å². The van der Waals surface area contributed by atoms with E-state index in [4.69, 9.17) is 0 Å². The Morgan fingerprint density at radius 2 is 1.90 bits per heavy atom. The lowest BCUT2D eigenvalue weighted by molar-refractivity contribution is 0.159. The second kappa shape index (κ2) is 5.62. The molecule has 0 unspecified atom stereocenters. The first kappa shape index (κ1) is 14.9. The Bertz CT molecular complexity index is 589. The van der Waals surface area contributed by atoms with E-state index in [0.717, 1.165) is 38.3 Å². The summed E-state index contributed by atoms with van der Waals surface area (Å²) in [6.07, 6.45) is 5.31. The quantitative estimate of drug-likeness (QED) is 0.752. The van der Waals surface area contributed by atoms with Crippen LogP contribution in [0.25, 0.3) is 0 Å². The summed E-state index contributed by atoms with van der Waals surface area (Å²) in [6.45, 7) is 2.50. The maximum Gasteiger partial charge on any atom is 0.211 e. The van der Waals surface area contributed by atoms with Gasteiger partial charge in [0.05, 0.1) is 18.8 Å². The van der Waals surface area contributed by atoms with Gasteiger partial charge in [-0.3, -0.25) is 4.90 Å². The molecule has 1 aliphatic heterocycles. The largest absolute Gasteiger partial charge is 0.296 e. The minimum absolute atomic E-state index is 0.107. The van der Waals surface area contributed by atoms with E-state index < -0.39 is 10.0 Å². The normalized spacial score (nSPS) is 22.0. The lowest BCUT2D eigenvalue weighted by atomic mass is 10.1. The summed E-state index contributed by atoms with van der Waals surface area (Å²) in [5, 5.41) is 12.0. The van der Waals surface area contributed by atoms with Gasteiger partial charge < -0.3 is 0 Å². The molecule has 1 aromatic heterocycles. The lowest BCUT2D eigenvalue weighted by Gasteiger charge is -2.35. The van der Waals surface area contributed by atoms with Crippen molar-refractivity contribution in [2.45, 2.75) is 44.3 Å². The molecule has 0 spiro atoms. The zero-order valence-corrected chi connectivity index (χ0v) is 13.3. The molecule has 1 aliphatic carbocycles. The summed E-state index contributed by atoms with van der Waals surface area (Å²) >= 11 is 0. The minimum Gasteiger partial charge on any atom is -0.296 e. The van der Waals surface area contributed by atoms with Gasteiger partial charge in [-0.05, 0) is 36.1 Å². The molecule has 2 aliphatic rings. The van der Waals surface area contributed by atoms with E-state index in [0.29, 0.717) is 6.04 Å². The van der Waals surface area contributed by atoms with Crippen molar-refractivity contribution in [1.29, 1.82) is 0 Å². The second-order valence-electron chi connectivity index (χ2n) is 6.06. The summed E-state index contributed by atoms with van der Waals surface area (Å²) in [7, 11) is -1.43.